The molecule has 0 saturated carbocycles. The van der Waals surface area contributed by atoms with Crippen molar-refractivity contribution in [2.75, 3.05) is 14.2 Å². The number of benzene rings is 1. The van der Waals surface area contributed by atoms with Gasteiger partial charge in [-0.25, -0.2) is 4.85 Å². The van der Waals surface area contributed by atoms with Gasteiger partial charge in [-0.05, 0) is 12.1 Å². The summed E-state index contributed by atoms with van der Waals surface area (Å²) < 4.78 is 10.9. The zero-order chi connectivity index (χ0) is 9.84. The average Bonchev–Trinajstić information content (AvgIpc) is 2.16. The first-order chi connectivity index (χ1) is 6.22. The lowest BCUT2D eigenvalue weighted by atomic mass is 10.3. The van der Waals surface area contributed by atoms with Crippen LogP contribution in [0, 0.1) is 6.57 Å². The molecule has 3 nitrogen and oxygen atoms in total. The van der Waals surface area contributed by atoms with Crippen LogP contribution in [0.1, 0.15) is 0 Å². The topological polar surface area (TPSA) is 22.8 Å². The zero-order valence-corrected chi connectivity index (χ0v) is 8.88. The van der Waals surface area contributed by atoms with E-state index in [0.717, 1.165) is 4.47 Å². The number of methoxy groups -OCH3 is 2. The fraction of sp³-hybridized carbons (Fsp3) is 0.222. The van der Waals surface area contributed by atoms with E-state index in [1.807, 2.05) is 0 Å². The Morgan fingerprint density at radius 1 is 1.23 bits per heavy atom. The summed E-state index contributed by atoms with van der Waals surface area (Å²) in [5, 5.41) is 0. The van der Waals surface area contributed by atoms with E-state index in [1.54, 1.807) is 12.1 Å². The molecule has 0 radical (unpaired) electrons. The predicted octanol–water partition coefficient (Wildman–Crippen LogP) is 3.02. The molecule has 0 fully saturated rings. The highest BCUT2D eigenvalue weighted by Crippen LogP contribution is 2.39. The van der Waals surface area contributed by atoms with Gasteiger partial charge in [0.15, 0.2) is 0 Å². The van der Waals surface area contributed by atoms with Gasteiger partial charge in [-0.1, -0.05) is 15.9 Å². The summed E-state index contributed by atoms with van der Waals surface area (Å²) in [4.78, 5) is 3.33. The van der Waals surface area contributed by atoms with Gasteiger partial charge in [0.2, 0.25) is 0 Å². The fourth-order valence-electron chi connectivity index (χ4n) is 0.972. The van der Waals surface area contributed by atoms with E-state index in [1.165, 1.54) is 14.2 Å². The summed E-state index contributed by atoms with van der Waals surface area (Å²) in [5.41, 5.74) is 0.396. The van der Waals surface area contributed by atoms with Crippen molar-refractivity contribution in [2.45, 2.75) is 0 Å². The van der Waals surface area contributed by atoms with Crippen molar-refractivity contribution in [3.8, 4) is 11.5 Å². The van der Waals surface area contributed by atoms with Crippen molar-refractivity contribution in [3.63, 3.8) is 0 Å². The first-order valence-corrected chi connectivity index (χ1v) is 4.31. The lowest BCUT2D eigenvalue weighted by molar-refractivity contribution is 0.398. The first-order valence-electron chi connectivity index (χ1n) is 3.52. The smallest absolute Gasteiger partial charge is 0.268 e. The molecule has 0 unspecified atom stereocenters. The number of halogens is 1. The van der Waals surface area contributed by atoms with E-state index in [9.17, 15) is 0 Å². The van der Waals surface area contributed by atoms with Gasteiger partial charge in [-0.15, -0.1) is 0 Å². The van der Waals surface area contributed by atoms with Crippen molar-refractivity contribution in [2.24, 2.45) is 0 Å². The largest absolute Gasteiger partial charge is 0.508 e. The average molecular weight is 242 g/mol. The van der Waals surface area contributed by atoms with E-state index in [0.29, 0.717) is 17.2 Å². The molecule has 0 aliphatic heterocycles. The van der Waals surface area contributed by atoms with Crippen LogP contribution >= 0.6 is 15.9 Å². The number of ether oxygens (including phenoxy) is 2. The third-order valence-electron chi connectivity index (χ3n) is 1.56. The van der Waals surface area contributed by atoms with Crippen LogP contribution in [-0.2, 0) is 0 Å². The maximum Gasteiger partial charge on any atom is 0.268 e. The molecule has 0 heterocycles. The second-order valence-corrected chi connectivity index (χ2v) is 3.19. The molecule has 1 rings (SSSR count). The van der Waals surface area contributed by atoms with Gasteiger partial charge in [0.25, 0.3) is 5.69 Å². The normalized spacial score (nSPS) is 9.08. The molecule has 0 aliphatic carbocycles. The van der Waals surface area contributed by atoms with Gasteiger partial charge in [-0.2, -0.15) is 0 Å². The molecule has 0 amide bonds. The van der Waals surface area contributed by atoms with E-state index in [2.05, 4.69) is 20.8 Å². The highest BCUT2D eigenvalue weighted by molar-refractivity contribution is 9.10. The summed E-state index contributed by atoms with van der Waals surface area (Å²) in [6, 6.07) is 3.46. The van der Waals surface area contributed by atoms with Crippen molar-refractivity contribution < 1.29 is 9.47 Å². The van der Waals surface area contributed by atoms with Crippen molar-refractivity contribution in [3.05, 3.63) is 28.0 Å². The Morgan fingerprint density at radius 3 is 2.00 bits per heavy atom. The van der Waals surface area contributed by atoms with Gasteiger partial charge in [-0.3, -0.25) is 0 Å². The molecule has 0 bridgehead atoms. The van der Waals surface area contributed by atoms with E-state index in [-0.39, 0.29) is 0 Å². The summed E-state index contributed by atoms with van der Waals surface area (Å²) in [7, 11) is 3.05. The standard InChI is InChI=1S/C9H8BrNO2/c1-11-9-7(12-2)4-6(10)5-8(9)13-3/h4-5H,2-3H3. The lowest BCUT2D eigenvalue weighted by Gasteiger charge is -2.08. The molecule has 13 heavy (non-hydrogen) atoms. The quantitative estimate of drug-likeness (QED) is 0.744. The Balaban J connectivity index is 3.36. The Kier molecular flexibility index (Phi) is 3.15. The molecule has 0 N–H and O–H groups in total. The summed E-state index contributed by atoms with van der Waals surface area (Å²) in [5.74, 6) is 1.03. The molecule has 68 valence electrons. The van der Waals surface area contributed by atoms with Crippen LogP contribution in [0.5, 0.6) is 11.5 Å². The maximum atomic E-state index is 6.95. The predicted molar refractivity (Wildman–Crippen MR) is 53.5 cm³/mol. The summed E-state index contributed by atoms with van der Waals surface area (Å²) in [6.45, 7) is 6.95. The summed E-state index contributed by atoms with van der Waals surface area (Å²) >= 11 is 3.30. The summed E-state index contributed by atoms with van der Waals surface area (Å²) in [6.07, 6.45) is 0. The minimum absolute atomic E-state index is 0.396. The van der Waals surface area contributed by atoms with Crippen molar-refractivity contribution >= 4 is 21.6 Å². The molecule has 0 aliphatic rings. The number of hydrogen-bond donors (Lipinski definition) is 0. The van der Waals surface area contributed by atoms with E-state index in [4.69, 9.17) is 16.0 Å². The van der Waals surface area contributed by atoms with Gasteiger partial charge >= 0.3 is 0 Å². The molecular weight excluding hydrogens is 234 g/mol. The van der Waals surface area contributed by atoms with Gasteiger partial charge in [0.05, 0.1) is 20.8 Å². The first kappa shape index (κ1) is 9.87. The number of hydrogen-bond acceptors (Lipinski definition) is 2. The van der Waals surface area contributed by atoms with Crippen LogP contribution in [0.25, 0.3) is 4.85 Å². The van der Waals surface area contributed by atoms with Gasteiger partial charge in [0, 0.05) is 4.47 Å². The maximum absolute atomic E-state index is 6.95. The molecule has 0 aromatic heterocycles. The molecule has 1 aromatic rings. The highest BCUT2D eigenvalue weighted by Gasteiger charge is 2.10. The SMILES string of the molecule is [C-]#[N+]c1c(OC)cc(Br)cc1OC. The molecule has 1 aromatic carbocycles. The van der Waals surface area contributed by atoms with E-state index < -0.39 is 0 Å². The van der Waals surface area contributed by atoms with Crippen LogP contribution in [0.3, 0.4) is 0 Å². The number of nitrogens with zero attached hydrogens (tertiary/aromatic N) is 1. The lowest BCUT2D eigenvalue weighted by Crippen LogP contribution is -1.88. The zero-order valence-electron chi connectivity index (χ0n) is 7.30. The molecule has 0 atom stereocenters. The van der Waals surface area contributed by atoms with Gasteiger partial charge in [0.1, 0.15) is 11.5 Å². The second kappa shape index (κ2) is 4.15. The van der Waals surface area contributed by atoms with Crippen LogP contribution in [0.2, 0.25) is 0 Å². The molecule has 0 saturated heterocycles. The third-order valence-corrected chi connectivity index (χ3v) is 2.01. The molecule has 0 spiro atoms. The van der Waals surface area contributed by atoms with Crippen LogP contribution in [0.15, 0.2) is 16.6 Å². The van der Waals surface area contributed by atoms with Crippen LogP contribution < -0.4 is 9.47 Å². The number of rotatable bonds is 2. The Labute approximate surface area is 85.2 Å². The van der Waals surface area contributed by atoms with Crippen LogP contribution in [-0.4, -0.2) is 14.2 Å². The van der Waals surface area contributed by atoms with Crippen molar-refractivity contribution in [1.82, 2.24) is 0 Å². The minimum Gasteiger partial charge on any atom is -0.508 e. The minimum atomic E-state index is 0.396. The van der Waals surface area contributed by atoms with Crippen LogP contribution in [0.4, 0.5) is 5.69 Å². The van der Waals surface area contributed by atoms with Crippen molar-refractivity contribution in [1.29, 1.82) is 0 Å². The van der Waals surface area contributed by atoms with E-state index >= 15 is 0 Å². The fourth-order valence-corrected chi connectivity index (χ4v) is 1.39. The third kappa shape index (κ3) is 1.93. The molecular formula is C9H8BrNO2. The Morgan fingerprint density at radius 2 is 1.69 bits per heavy atom. The molecule has 4 heteroatoms. The Hall–Kier alpha value is -1.21. The Bertz CT molecular complexity index is 332. The second-order valence-electron chi connectivity index (χ2n) is 2.27. The monoisotopic (exact) mass is 241 g/mol. The van der Waals surface area contributed by atoms with Gasteiger partial charge < -0.3 is 9.47 Å². The highest BCUT2D eigenvalue weighted by atomic mass is 79.9.